The number of hydrogen-bond acceptors (Lipinski definition) is 7. The molecule has 39 heavy (non-hydrogen) atoms. The van der Waals surface area contributed by atoms with Crippen LogP contribution in [0.4, 0.5) is 30.9 Å². The van der Waals surface area contributed by atoms with Crippen molar-refractivity contribution in [3.8, 4) is 23.5 Å². The van der Waals surface area contributed by atoms with E-state index in [-0.39, 0.29) is 25.2 Å². The van der Waals surface area contributed by atoms with Gasteiger partial charge in [-0.25, -0.2) is 0 Å². The number of nitriles is 2. The van der Waals surface area contributed by atoms with Gasteiger partial charge in [-0.1, -0.05) is 18.2 Å². The van der Waals surface area contributed by atoms with Crippen molar-refractivity contribution >= 4 is 13.5 Å². The van der Waals surface area contributed by atoms with E-state index in [0.29, 0.717) is 0 Å². The maximum Gasteiger partial charge on any atom is 2.00 e. The molecule has 0 aliphatic carbocycles. The van der Waals surface area contributed by atoms with Crippen LogP contribution in [0.25, 0.3) is 11.4 Å². The summed E-state index contributed by atoms with van der Waals surface area (Å²) in [4.78, 5) is 20.2. The number of nitro benzene ring substituents is 1. The third-order valence-corrected chi connectivity index (χ3v) is 3.15. The molecule has 0 saturated heterocycles. The Balaban J connectivity index is -0.000000461. The van der Waals surface area contributed by atoms with Gasteiger partial charge in [-0.3, -0.25) is 20.1 Å². The van der Waals surface area contributed by atoms with Gasteiger partial charge in [0.2, 0.25) is 0 Å². The Labute approximate surface area is 235 Å². The first-order valence-electron chi connectivity index (χ1n) is 10.1. The van der Waals surface area contributed by atoms with Gasteiger partial charge in [0.15, 0.2) is 5.69 Å². The van der Waals surface area contributed by atoms with Crippen LogP contribution in [0.1, 0.15) is 19.4 Å². The number of benzene rings is 1. The van der Waals surface area contributed by atoms with Crippen LogP contribution in [0.2, 0.25) is 0 Å². The quantitative estimate of drug-likeness (QED) is 0.0692. The first kappa shape index (κ1) is 40.0. The Hall–Kier alpha value is -3.51. The SMILES string of the molecule is CC#N.CC#N.CN(C)Cc1[c-]cc([N+](=O)[O-])cc1.F[P-](F)(F)(F)(F)F.[Ru+2].c1ccc(-c2ccccn2)nc1. The van der Waals surface area contributed by atoms with Crippen LogP contribution < -0.4 is 0 Å². The molecular formula is C23H25F6N6O2PRu. The predicted octanol–water partition coefficient (Wildman–Crippen LogP) is 8.04. The van der Waals surface area contributed by atoms with Crippen LogP contribution in [-0.2, 0) is 26.0 Å². The summed E-state index contributed by atoms with van der Waals surface area (Å²) in [6, 6.07) is 22.6. The minimum atomic E-state index is -10.7. The van der Waals surface area contributed by atoms with E-state index in [1.54, 1.807) is 30.6 Å². The van der Waals surface area contributed by atoms with Gasteiger partial charge in [0.25, 0.3) is 0 Å². The molecule has 16 heteroatoms. The Morgan fingerprint density at radius 3 is 1.51 bits per heavy atom. The third-order valence-electron chi connectivity index (χ3n) is 3.15. The standard InChI is InChI=1S/C10H8N2.C9H11N2O2.2C2H3N.F6P.Ru/c1-3-7-11-9(5-1)10-6-2-4-8-12-10;1-10(2)7-8-3-5-9(6-4-8)11(12)13;2*1-2-3;1-7(2,3,4,5)6;/h1-8H;3,5-6H,7H2,1-2H3;2*1H3;;/q;-1;;;-1;+2. The fourth-order valence-corrected chi connectivity index (χ4v) is 2.03. The number of rotatable bonds is 4. The van der Waals surface area contributed by atoms with Gasteiger partial charge in [-0.05, 0) is 38.4 Å². The van der Waals surface area contributed by atoms with Crippen LogP contribution >= 0.6 is 7.81 Å². The van der Waals surface area contributed by atoms with E-state index in [1.165, 1.54) is 26.0 Å². The summed E-state index contributed by atoms with van der Waals surface area (Å²) in [5.74, 6) is 0. The van der Waals surface area contributed by atoms with E-state index in [4.69, 9.17) is 10.5 Å². The van der Waals surface area contributed by atoms with Crippen molar-refractivity contribution in [1.29, 1.82) is 10.5 Å². The Morgan fingerprint density at radius 2 is 1.28 bits per heavy atom. The normalized spacial score (nSPS) is 11.0. The van der Waals surface area contributed by atoms with E-state index < -0.39 is 12.7 Å². The number of pyridine rings is 2. The average Bonchev–Trinajstić information content (AvgIpc) is 2.80. The molecule has 8 nitrogen and oxygen atoms in total. The molecule has 3 rings (SSSR count). The minimum Gasteiger partial charge on any atom is -0.255 e. The maximum absolute atomic E-state index is 10.7. The molecule has 0 radical (unpaired) electrons. The number of non-ortho nitro benzene ring substituents is 1. The van der Waals surface area contributed by atoms with Gasteiger partial charge >= 0.3 is 52.5 Å². The van der Waals surface area contributed by atoms with Gasteiger partial charge < -0.3 is 4.90 Å². The van der Waals surface area contributed by atoms with E-state index in [9.17, 15) is 35.3 Å². The van der Waals surface area contributed by atoms with Crippen LogP contribution in [-0.4, -0.2) is 33.9 Å². The molecule has 0 N–H and O–H groups in total. The first-order valence-corrected chi connectivity index (χ1v) is 12.2. The number of nitro groups is 1. The second-order valence-electron chi connectivity index (χ2n) is 6.90. The molecule has 3 aromatic rings. The number of aromatic nitrogens is 2. The van der Waals surface area contributed by atoms with Crippen molar-refractivity contribution < 1.29 is 49.6 Å². The Bertz CT molecular complexity index is 1110. The van der Waals surface area contributed by atoms with Gasteiger partial charge in [0, 0.05) is 37.7 Å². The number of nitrogens with zero attached hydrogens (tertiary/aromatic N) is 6. The minimum absolute atomic E-state index is 0. The van der Waals surface area contributed by atoms with Crippen LogP contribution in [0, 0.1) is 38.8 Å². The Morgan fingerprint density at radius 1 is 0.897 bits per heavy atom. The first-order chi connectivity index (χ1) is 17.3. The summed E-state index contributed by atoms with van der Waals surface area (Å²) in [7, 11) is -6.78. The van der Waals surface area contributed by atoms with Crippen LogP contribution in [0.15, 0.2) is 67.0 Å². The fraction of sp³-hybridized carbons (Fsp3) is 0.217. The van der Waals surface area contributed by atoms with E-state index in [1.807, 2.05) is 55.4 Å². The van der Waals surface area contributed by atoms with Crippen molar-refractivity contribution in [1.82, 2.24) is 14.9 Å². The third kappa shape index (κ3) is 30.6. The van der Waals surface area contributed by atoms with E-state index in [0.717, 1.165) is 23.5 Å². The molecule has 0 fully saturated rings. The van der Waals surface area contributed by atoms with Crippen molar-refractivity contribution in [3.05, 3.63) is 88.7 Å². The summed E-state index contributed by atoms with van der Waals surface area (Å²) >= 11 is 0. The van der Waals surface area contributed by atoms with Crippen molar-refractivity contribution in [2.75, 3.05) is 14.1 Å². The van der Waals surface area contributed by atoms with Crippen molar-refractivity contribution in [2.45, 2.75) is 20.4 Å². The maximum atomic E-state index is 10.3. The molecule has 0 aliphatic heterocycles. The summed E-state index contributed by atoms with van der Waals surface area (Å²) in [6.45, 7) is 3.61. The van der Waals surface area contributed by atoms with Gasteiger partial charge in [-0.2, -0.15) is 22.7 Å². The second-order valence-corrected chi connectivity index (χ2v) is 8.82. The molecule has 0 bridgehead atoms. The Kier molecular flexibility index (Phi) is 18.4. The largest absolute Gasteiger partial charge is 2.00 e. The van der Waals surface area contributed by atoms with Crippen molar-refractivity contribution in [2.24, 2.45) is 0 Å². The summed E-state index contributed by atoms with van der Waals surface area (Å²) in [5.41, 5.74) is 2.87. The smallest absolute Gasteiger partial charge is 0.255 e. The molecule has 0 saturated carbocycles. The molecule has 0 aliphatic rings. The predicted molar refractivity (Wildman–Crippen MR) is 133 cm³/mol. The zero-order valence-electron chi connectivity index (χ0n) is 21.1. The second kappa shape index (κ2) is 17.9. The van der Waals surface area contributed by atoms with Crippen molar-refractivity contribution in [3.63, 3.8) is 0 Å². The fourth-order valence-electron chi connectivity index (χ4n) is 2.03. The van der Waals surface area contributed by atoms with E-state index >= 15 is 0 Å². The monoisotopic (exact) mass is 664 g/mol. The molecule has 214 valence electrons. The van der Waals surface area contributed by atoms with E-state index in [2.05, 4.69) is 16.0 Å². The average molecular weight is 664 g/mol. The van der Waals surface area contributed by atoms with Gasteiger partial charge in [-0.15, -0.1) is 11.6 Å². The van der Waals surface area contributed by atoms with Gasteiger partial charge in [0.05, 0.1) is 23.5 Å². The molecule has 0 amide bonds. The zero-order chi connectivity index (χ0) is 29.9. The van der Waals surface area contributed by atoms with Crippen LogP contribution in [0.5, 0.6) is 0 Å². The molecular weight excluding hydrogens is 638 g/mol. The number of halogens is 6. The zero-order valence-corrected chi connectivity index (χ0v) is 23.8. The molecule has 0 spiro atoms. The summed E-state index contributed by atoms with van der Waals surface area (Å²) < 4.78 is 59.2. The number of hydrogen-bond donors (Lipinski definition) is 0. The van der Waals surface area contributed by atoms with Gasteiger partial charge in [0.1, 0.15) is 0 Å². The topological polar surface area (TPSA) is 120 Å². The molecule has 1 aromatic carbocycles. The molecule has 2 heterocycles. The summed E-state index contributed by atoms with van der Waals surface area (Å²) in [6.07, 6.45) is 3.54. The molecule has 0 atom stereocenters. The molecule has 2 aromatic heterocycles. The molecule has 0 unspecified atom stereocenters. The van der Waals surface area contributed by atoms with Crippen LogP contribution in [0.3, 0.4) is 0 Å². The summed E-state index contributed by atoms with van der Waals surface area (Å²) in [5, 5.41) is 24.9.